The van der Waals surface area contributed by atoms with Crippen LogP contribution in [-0.2, 0) is 14.3 Å². The molecule has 4 rings (SSSR count). The van der Waals surface area contributed by atoms with E-state index in [1.54, 1.807) is 0 Å². The molecular formula is C18H28N4O3S2. The van der Waals surface area contributed by atoms with Gasteiger partial charge in [0, 0.05) is 37.3 Å². The molecule has 27 heavy (non-hydrogen) atoms. The largest absolute Gasteiger partial charge is 0.379 e. The zero-order chi connectivity index (χ0) is 18.6. The number of rotatable bonds is 6. The van der Waals surface area contributed by atoms with E-state index in [1.807, 2.05) is 11.8 Å². The van der Waals surface area contributed by atoms with Crippen LogP contribution in [0.5, 0.6) is 0 Å². The van der Waals surface area contributed by atoms with Crippen LogP contribution >= 0.6 is 23.5 Å². The maximum atomic E-state index is 12.6. The minimum atomic E-state index is -0.228. The molecule has 3 aliphatic heterocycles. The normalized spacial score (nSPS) is 31.0. The van der Waals surface area contributed by atoms with E-state index in [0.29, 0.717) is 23.5 Å². The summed E-state index contributed by atoms with van der Waals surface area (Å²) >= 11 is 3.27. The fourth-order valence-electron chi connectivity index (χ4n) is 4.16. The summed E-state index contributed by atoms with van der Waals surface area (Å²) in [6.45, 7) is 4.91. The van der Waals surface area contributed by atoms with Crippen molar-refractivity contribution in [1.29, 1.82) is 0 Å². The third-order valence-electron chi connectivity index (χ3n) is 5.59. The Morgan fingerprint density at radius 3 is 2.93 bits per heavy atom. The molecule has 0 spiro atoms. The van der Waals surface area contributed by atoms with E-state index in [1.165, 1.54) is 31.0 Å². The van der Waals surface area contributed by atoms with Crippen molar-refractivity contribution < 1.29 is 14.3 Å². The molecule has 4 aliphatic rings. The van der Waals surface area contributed by atoms with Gasteiger partial charge in [0.15, 0.2) is 0 Å². The average Bonchev–Trinajstić information content (AvgIpc) is 3.06. The van der Waals surface area contributed by atoms with Crippen molar-refractivity contribution in [3.63, 3.8) is 0 Å². The summed E-state index contributed by atoms with van der Waals surface area (Å²) in [5.74, 6) is 0.801. The predicted octanol–water partition coefficient (Wildman–Crippen LogP) is 0.688. The standard InChI is InChI=1S/C18H28N4O3S2/c23-14(19-5-6-22-7-9-25-10-8-22)11-26-18-20-16(24)15-12-3-1-2-4-13(12)27-17(15)21-18/h12-13,18,21H,1-11H2,(H,19,23)(H,20,24). The van der Waals surface area contributed by atoms with Crippen LogP contribution in [0.2, 0.25) is 0 Å². The average molecular weight is 413 g/mol. The van der Waals surface area contributed by atoms with Gasteiger partial charge in [-0.15, -0.1) is 23.5 Å². The van der Waals surface area contributed by atoms with Crippen molar-refractivity contribution in [2.24, 2.45) is 5.92 Å². The van der Waals surface area contributed by atoms with Gasteiger partial charge in [0.25, 0.3) is 5.91 Å². The Bertz CT molecular complexity index is 609. The fourth-order valence-corrected chi connectivity index (χ4v) is 6.63. The lowest BCUT2D eigenvalue weighted by Gasteiger charge is -2.29. The first-order valence-corrected chi connectivity index (χ1v) is 11.8. The zero-order valence-electron chi connectivity index (χ0n) is 15.5. The molecule has 2 amide bonds. The lowest BCUT2D eigenvalue weighted by atomic mass is 9.83. The van der Waals surface area contributed by atoms with Crippen molar-refractivity contribution in [3.8, 4) is 0 Å². The van der Waals surface area contributed by atoms with E-state index < -0.39 is 0 Å². The molecule has 0 aromatic carbocycles. The molecule has 3 heterocycles. The van der Waals surface area contributed by atoms with Crippen LogP contribution in [0.15, 0.2) is 10.6 Å². The Kier molecular flexibility index (Phi) is 6.52. The SMILES string of the molecule is O=C(CSC1NC(=O)C2=C(N1)SC1CCCCC21)NCCN1CCOCC1. The molecule has 2 fully saturated rings. The molecule has 1 saturated carbocycles. The number of hydrogen-bond acceptors (Lipinski definition) is 7. The number of fused-ring (bicyclic) bond motifs is 2. The van der Waals surface area contributed by atoms with Crippen LogP contribution in [0.4, 0.5) is 0 Å². The van der Waals surface area contributed by atoms with Crippen LogP contribution in [0.3, 0.4) is 0 Å². The first kappa shape index (κ1) is 19.4. The number of carbonyl (C=O) groups excluding carboxylic acids is 2. The maximum absolute atomic E-state index is 12.6. The maximum Gasteiger partial charge on any atom is 0.252 e. The number of nitrogens with one attached hydrogen (secondary N) is 3. The Hall–Kier alpha value is -0.900. The topological polar surface area (TPSA) is 82.7 Å². The van der Waals surface area contributed by atoms with Gasteiger partial charge in [0.05, 0.1) is 29.6 Å². The van der Waals surface area contributed by atoms with Crippen LogP contribution < -0.4 is 16.0 Å². The minimum Gasteiger partial charge on any atom is -0.379 e. The van der Waals surface area contributed by atoms with Gasteiger partial charge in [-0.2, -0.15) is 0 Å². The van der Waals surface area contributed by atoms with Gasteiger partial charge in [0.2, 0.25) is 5.91 Å². The molecule has 0 aromatic rings. The van der Waals surface area contributed by atoms with Gasteiger partial charge in [-0.05, 0) is 12.8 Å². The number of thioether (sulfide) groups is 2. The van der Waals surface area contributed by atoms with Crippen LogP contribution in [0.25, 0.3) is 0 Å². The van der Waals surface area contributed by atoms with E-state index in [2.05, 4.69) is 20.9 Å². The fraction of sp³-hybridized carbons (Fsp3) is 0.778. The Labute approximate surface area is 168 Å². The summed E-state index contributed by atoms with van der Waals surface area (Å²) in [6, 6.07) is 0. The van der Waals surface area contributed by atoms with E-state index in [9.17, 15) is 9.59 Å². The summed E-state index contributed by atoms with van der Waals surface area (Å²) in [7, 11) is 0. The first-order chi connectivity index (χ1) is 13.2. The molecule has 7 nitrogen and oxygen atoms in total. The molecule has 9 heteroatoms. The Balaban J connectivity index is 1.19. The van der Waals surface area contributed by atoms with Crippen molar-refractivity contribution in [2.75, 3.05) is 45.1 Å². The highest BCUT2D eigenvalue weighted by Crippen LogP contribution is 2.49. The van der Waals surface area contributed by atoms with E-state index in [0.717, 1.165) is 49.9 Å². The summed E-state index contributed by atoms with van der Waals surface area (Å²) in [5, 5.41) is 11.0. The number of nitrogens with zero attached hydrogens (tertiary/aromatic N) is 1. The van der Waals surface area contributed by atoms with Gasteiger partial charge < -0.3 is 20.7 Å². The summed E-state index contributed by atoms with van der Waals surface area (Å²) < 4.78 is 5.32. The number of hydrogen-bond donors (Lipinski definition) is 3. The molecule has 0 aromatic heterocycles. The highest BCUT2D eigenvalue weighted by Gasteiger charge is 2.43. The van der Waals surface area contributed by atoms with Crippen LogP contribution in [-0.4, -0.2) is 72.6 Å². The molecule has 3 atom stereocenters. The second kappa shape index (κ2) is 9.07. The quantitative estimate of drug-likeness (QED) is 0.592. The predicted molar refractivity (Wildman–Crippen MR) is 108 cm³/mol. The van der Waals surface area contributed by atoms with Crippen molar-refractivity contribution >= 4 is 35.3 Å². The van der Waals surface area contributed by atoms with Gasteiger partial charge in [-0.1, -0.05) is 12.8 Å². The lowest BCUT2D eigenvalue weighted by molar-refractivity contribution is -0.119. The molecule has 3 unspecified atom stereocenters. The molecule has 0 bridgehead atoms. The lowest BCUT2D eigenvalue weighted by Crippen LogP contribution is -2.49. The second-order valence-electron chi connectivity index (χ2n) is 7.40. The monoisotopic (exact) mass is 412 g/mol. The molecule has 3 N–H and O–H groups in total. The van der Waals surface area contributed by atoms with Crippen LogP contribution in [0.1, 0.15) is 25.7 Å². The first-order valence-electron chi connectivity index (χ1n) is 9.87. The number of ether oxygens (including phenoxy) is 1. The third kappa shape index (κ3) is 4.75. The van der Waals surface area contributed by atoms with Gasteiger partial charge in [-0.3, -0.25) is 14.5 Å². The summed E-state index contributed by atoms with van der Waals surface area (Å²) in [5.41, 5.74) is 0.727. The smallest absolute Gasteiger partial charge is 0.252 e. The summed E-state index contributed by atoms with van der Waals surface area (Å²) in [6.07, 6.45) is 4.79. The minimum absolute atomic E-state index is 0.0110. The van der Waals surface area contributed by atoms with E-state index in [4.69, 9.17) is 4.74 Å². The van der Waals surface area contributed by atoms with Gasteiger partial charge in [0.1, 0.15) is 5.50 Å². The molecule has 150 valence electrons. The van der Waals surface area contributed by atoms with Crippen molar-refractivity contribution in [1.82, 2.24) is 20.9 Å². The molecule has 0 radical (unpaired) electrons. The van der Waals surface area contributed by atoms with E-state index in [-0.39, 0.29) is 17.3 Å². The van der Waals surface area contributed by atoms with E-state index >= 15 is 0 Å². The molecule has 1 saturated heterocycles. The Morgan fingerprint density at radius 1 is 1.26 bits per heavy atom. The third-order valence-corrected chi connectivity index (χ3v) is 8.03. The van der Waals surface area contributed by atoms with Gasteiger partial charge >= 0.3 is 0 Å². The highest BCUT2D eigenvalue weighted by atomic mass is 32.2. The summed E-state index contributed by atoms with van der Waals surface area (Å²) in [4.78, 5) is 27.0. The van der Waals surface area contributed by atoms with Gasteiger partial charge in [-0.25, -0.2) is 0 Å². The van der Waals surface area contributed by atoms with Crippen LogP contribution in [0, 0.1) is 5.92 Å². The highest BCUT2D eigenvalue weighted by molar-refractivity contribution is 8.04. The number of carbonyl (C=O) groups is 2. The second-order valence-corrected chi connectivity index (χ2v) is 9.75. The number of morpholine rings is 1. The van der Waals surface area contributed by atoms with Crippen molar-refractivity contribution in [3.05, 3.63) is 10.6 Å². The zero-order valence-corrected chi connectivity index (χ0v) is 17.1. The van der Waals surface area contributed by atoms with Crippen molar-refractivity contribution in [2.45, 2.75) is 36.4 Å². The molecule has 1 aliphatic carbocycles. The number of amides is 2. The Morgan fingerprint density at radius 2 is 2.07 bits per heavy atom. The molecular weight excluding hydrogens is 384 g/mol.